The summed E-state index contributed by atoms with van der Waals surface area (Å²) in [4.78, 5) is 38.6. The van der Waals surface area contributed by atoms with Gasteiger partial charge in [0.15, 0.2) is 11.5 Å². The van der Waals surface area contributed by atoms with Crippen molar-refractivity contribution < 1.29 is 23.9 Å². The molecule has 3 amide bonds. The van der Waals surface area contributed by atoms with E-state index < -0.39 is 23.8 Å². The fourth-order valence-corrected chi connectivity index (χ4v) is 3.36. The highest BCUT2D eigenvalue weighted by Gasteiger charge is 2.35. The summed E-state index contributed by atoms with van der Waals surface area (Å²) >= 11 is 0. The molecule has 8 nitrogen and oxygen atoms in total. The molecule has 2 N–H and O–H groups in total. The average molecular weight is 395 g/mol. The first-order valence-electron chi connectivity index (χ1n) is 9.40. The topological polar surface area (TPSA) is 97.0 Å². The van der Waals surface area contributed by atoms with Crippen LogP contribution < -0.4 is 20.3 Å². The van der Waals surface area contributed by atoms with E-state index in [2.05, 4.69) is 10.9 Å². The predicted octanol–water partition coefficient (Wildman–Crippen LogP) is 1.02. The number of likely N-dealkylation sites (tertiary alicyclic amines) is 1. The van der Waals surface area contributed by atoms with Crippen LogP contribution in [0.2, 0.25) is 0 Å². The monoisotopic (exact) mass is 395 g/mol. The van der Waals surface area contributed by atoms with E-state index in [-0.39, 0.29) is 18.9 Å². The lowest BCUT2D eigenvalue weighted by atomic mass is 10.1. The van der Waals surface area contributed by atoms with Crippen LogP contribution >= 0.6 is 0 Å². The number of hydrazine groups is 1. The summed E-state index contributed by atoms with van der Waals surface area (Å²) in [6.45, 7) is 0.819. The maximum Gasteiger partial charge on any atom is 0.283 e. The molecule has 0 radical (unpaired) electrons. The van der Waals surface area contributed by atoms with Crippen molar-refractivity contribution in [3.8, 4) is 11.5 Å². The van der Waals surface area contributed by atoms with E-state index in [1.807, 2.05) is 36.4 Å². The Balaban J connectivity index is 1.27. The molecule has 2 heterocycles. The van der Waals surface area contributed by atoms with Gasteiger partial charge in [0.2, 0.25) is 17.9 Å². The number of nitrogens with one attached hydrogen (secondary N) is 2. The number of rotatable bonds is 4. The minimum atomic E-state index is -0.870. The third-order valence-electron chi connectivity index (χ3n) is 4.91. The fourth-order valence-electron chi connectivity index (χ4n) is 3.36. The molecule has 1 fully saturated rings. The van der Waals surface area contributed by atoms with Crippen molar-refractivity contribution in [1.29, 1.82) is 0 Å². The normalized spacial score (nSPS) is 20.3. The zero-order chi connectivity index (χ0) is 20.2. The van der Waals surface area contributed by atoms with E-state index in [0.29, 0.717) is 24.6 Å². The second-order valence-corrected chi connectivity index (χ2v) is 7.00. The molecule has 2 atom stereocenters. The molecule has 0 unspecified atom stereocenters. The Labute approximate surface area is 167 Å². The number of carbonyl (C=O) groups excluding carboxylic acids is 3. The van der Waals surface area contributed by atoms with E-state index in [4.69, 9.17) is 9.47 Å². The Kier molecular flexibility index (Phi) is 5.33. The molecule has 2 aliphatic heterocycles. The van der Waals surface area contributed by atoms with Gasteiger partial charge in [-0.15, -0.1) is 0 Å². The van der Waals surface area contributed by atoms with E-state index in [0.717, 1.165) is 5.56 Å². The quantitative estimate of drug-likeness (QED) is 0.754. The maximum absolute atomic E-state index is 12.4. The zero-order valence-electron chi connectivity index (χ0n) is 15.7. The molecule has 0 bridgehead atoms. The van der Waals surface area contributed by atoms with Crippen LogP contribution in [0.3, 0.4) is 0 Å². The molecule has 2 aromatic rings. The van der Waals surface area contributed by atoms with Gasteiger partial charge in [-0.3, -0.25) is 25.2 Å². The van der Waals surface area contributed by atoms with Crippen LogP contribution in [0.4, 0.5) is 0 Å². The van der Waals surface area contributed by atoms with Gasteiger partial charge < -0.3 is 14.4 Å². The van der Waals surface area contributed by atoms with E-state index in [1.165, 1.54) is 0 Å². The summed E-state index contributed by atoms with van der Waals surface area (Å²) in [7, 11) is 0. The molecule has 150 valence electrons. The third-order valence-corrected chi connectivity index (χ3v) is 4.91. The number of para-hydroxylation sites is 2. The Morgan fingerprint density at radius 2 is 1.66 bits per heavy atom. The smallest absolute Gasteiger partial charge is 0.283 e. The Morgan fingerprint density at radius 1 is 0.966 bits per heavy atom. The lowest BCUT2D eigenvalue weighted by molar-refractivity contribution is -0.136. The molecule has 29 heavy (non-hydrogen) atoms. The highest BCUT2D eigenvalue weighted by atomic mass is 16.6. The molecule has 4 rings (SSSR count). The van der Waals surface area contributed by atoms with Gasteiger partial charge in [0.1, 0.15) is 6.61 Å². The number of benzene rings is 2. The summed E-state index contributed by atoms with van der Waals surface area (Å²) in [5, 5.41) is 0. The molecular formula is C21H21N3O5. The molecule has 0 aromatic heterocycles. The number of amides is 3. The number of ether oxygens (including phenoxy) is 2. The third kappa shape index (κ3) is 4.31. The van der Waals surface area contributed by atoms with Gasteiger partial charge in [0.25, 0.3) is 5.91 Å². The van der Waals surface area contributed by atoms with Crippen molar-refractivity contribution in [2.75, 3.05) is 13.2 Å². The summed E-state index contributed by atoms with van der Waals surface area (Å²) < 4.78 is 11.1. The molecular weight excluding hydrogens is 374 g/mol. The zero-order valence-corrected chi connectivity index (χ0v) is 15.7. The first kappa shape index (κ1) is 18.8. The van der Waals surface area contributed by atoms with Gasteiger partial charge in [-0.25, -0.2) is 0 Å². The molecule has 2 aromatic carbocycles. The van der Waals surface area contributed by atoms with Crippen molar-refractivity contribution in [1.82, 2.24) is 15.8 Å². The minimum Gasteiger partial charge on any atom is -0.485 e. The molecule has 2 aliphatic rings. The van der Waals surface area contributed by atoms with Gasteiger partial charge in [0.05, 0.1) is 5.92 Å². The number of nitrogens with zero attached hydrogens (tertiary/aromatic N) is 1. The van der Waals surface area contributed by atoms with Crippen LogP contribution in [0.5, 0.6) is 11.5 Å². The summed E-state index contributed by atoms with van der Waals surface area (Å²) in [6.07, 6.45) is -0.754. The van der Waals surface area contributed by atoms with E-state index in [9.17, 15) is 14.4 Å². The molecule has 8 heteroatoms. The number of fused-ring (bicyclic) bond motifs is 1. The summed E-state index contributed by atoms with van der Waals surface area (Å²) in [5.41, 5.74) is 5.77. The number of carbonyl (C=O) groups is 3. The van der Waals surface area contributed by atoms with Gasteiger partial charge >= 0.3 is 0 Å². The Hall–Kier alpha value is -3.55. The second-order valence-electron chi connectivity index (χ2n) is 7.00. The molecule has 0 saturated carbocycles. The molecule has 0 aliphatic carbocycles. The van der Waals surface area contributed by atoms with Crippen LogP contribution in [0, 0.1) is 5.92 Å². The van der Waals surface area contributed by atoms with Crippen LogP contribution in [0.25, 0.3) is 0 Å². The first-order valence-corrected chi connectivity index (χ1v) is 9.40. The fraction of sp³-hybridized carbons (Fsp3) is 0.286. The maximum atomic E-state index is 12.4. The highest BCUT2D eigenvalue weighted by molar-refractivity contribution is 5.91. The summed E-state index contributed by atoms with van der Waals surface area (Å²) in [5.74, 6) is -0.471. The lowest BCUT2D eigenvalue weighted by Crippen LogP contribution is -2.52. The van der Waals surface area contributed by atoms with Crippen molar-refractivity contribution in [2.45, 2.75) is 19.1 Å². The average Bonchev–Trinajstić information content (AvgIpc) is 3.12. The first-order chi connectivity index (χ1) is 14.1. The second kappa shape index (κ2) is 8.22. The van der Waals surface area contributed by atoms with Crippen LogP contribution in [0.15, 0.2) is 54.6 Å². The largest absolute Gasteiger partial charge is 0.485 e. The minimum absolute atomic E-state index is 0.0471. The van der Waals surface area contributed by atoms with Crippen molar-refractivity contribution in [2.24, 2.45) is 5.92 Å². The van der Waals surface area contributed by atoms with Gasteiger partial charge in [0, 0.05) is 19.5 Å². The summed E-state index contributed by atoms with van der Waals surface area (Å²) in [6, 6.07) is 16.7. The van der Waals surface area contributed by atoms with Crippen LogP contribution in [0.1, 0.15) is 12.0 Å². The van der Waals surface area contributed by atoms with E-state index in [1.54, 1.807) is 23.1 Å². The Morgan fingerprint density at radius 3 is 2.45 bits per heavy atom. The van der Waals surface area contributed by atoms with Gasteiger partial charge in [-0.1, -0.05) is 42.5 Å². The van der Waals surface area contributed by atoms with Gasteiger partial charge in [-0.2, -0.15) is 0 Å². The SMILES string of the molecule is O=C(NNC(=O)[C@@H]1COc2ccccc2O1)[C@@H]1CC(=O)N(Cc2ccccc2)C1. The lowest BCUT2D eigenvalue weighted by Gasteiger charge is -2.25. The molecule has 0 spiro atoms. The molecule has 1 saturated heterocycles. The van der Waals surface area contributed by atoms with Gasteiger partial charge in [-0.05, 0) is 17.7 Å². The number of hydrogen-bond donors (Lipinski definition) is 2. The van der Waals surface area contributed by atoms with Crippen LogP contribution in [-0.4, -0.2) is 41.9 Å². The van der Waals surface area contributed by atoms with Crippen molar-refractivity contribution >= 4 is 17.7 Å². The highest BCUT2D eigenvalue weighted by Crippen LogP contribution is 2.30. The van der Waals surface area contributed by atoms with Crippen molar-refractivity contribution in [3.05, 3.63) is 60.2 Å². The van der Waals surface area contributed by atoms with E-state index >= 15 is 0 Å². The standard InChI is InChI=1S/C21H21N3O5/c25-19-10-15(12-24(19)11-14-6-2-1-3-7-14)20(26)22-23-21(27)18-13-28-16-8-4-5-9-17(16)29-18/h1-9,15,18H,10-13H2,(H,22,26)(H,23,27)/t15-,18+/m1/s1. The Bertz CT molecular complexity index is 918. The number of hydrogen-bond acceptors (Lipinski definition) is 5. The predicted molar refractivity (Wildman–Crippen MR) is 103 cm³/mol. The van der Waals surface area contributed by atoms with Crippen LogP contribution in [-0.2, 0) is 20.9 Å². The van der Waals surface area contributed by atoms with Crippen molar-refractivity contribution in [3.63, 3.8) is 0 Å².